The Bertz CT molecular complexity index is 236. The predicted octanol–water partition coefficient (Wildman–Crippen LogP) is 3.95. The summed E-state index contributed by atoms with van der Waals surface area (Å²) in [6.45, 7) is 4.17. The van der Waals surface area contributed by atoms with E-state index in [9.17, 15) is 0 Å². The van der Waals surface area contributed by atoms with Crippen LogP contribution in [0.25, 0.3) is 0 Å². The molecule has 0 aliphatic rings. The summed E-state index contributed by atoms with van der Waals surface area (Å²) < 4.78 is 0. The van der Waals surface area contributed by atoms with E-state index >= 15 is 0 Å². The Balaban J connectivity index is 2.33. The smallest absolute Gasteiger partial charge is 0.0308 e. The van der Waals surface area contributed by atoms with Gasteiger partial charge in [-0.3, -0.25) is 0 Å². The van der Waals surface area contributed by atoms with Crippen molar-refractivity contribution in [3.05, 3.63) is 35.4 Å². The molecule has 0 aliphatic heterocycles. The van der Waals surface area contributed by atoms with Gasteiger partial charge in [-0.1, -0.05) is 29.8 Å². The van der Waals surface area contributed by atoms with Crippen LogP contribution in [0.1, 0.15) is 30.9 Å². The van der Waals surface area contributed by atoms with Crippen LogP contribution in [0.5, 0.6) is 0 Å². The standard InChI is InChI=1S/C12H17Cl/c1-10-6-8-12(9-7-10)5-3-4-11(2)13/h6-9,11H,3-5H2,1-2H3. The molecule has 0 bridgehead atoms. The molecule has 1 heteroatoms. The molecule has 13 heavy (non-hydrogen) atoms. The fraction of sp³-hybridized carbons (Fsp3) is 0.500. The van der Waals surface area contributed by atoms with Crippen molar-refractivity contribution in [1.82, 2.24) is 0 Å². The van der Waals surface area contributed by atoms with E-state index in [4.69, 9.17) is 11.6 Å². The quantitative estimate of drug-likeness (QED) is 0.640. The van der Waals surface area contributed by atoms with E-state index < -0.39 is 0 Å². The van der Waals surface area contributed by atoms with Gasteiger partial charge in [0.1, 0.15) is 0 Å². The number of benzene rings is 1. The van der Waals surface area contributed by atoms with Crippen molar-refractivity contribution in [2.24, 2.45) is 0 Å². The first kappa shape index (κ1) is 10.6. The molecule has 0 nitrogen and oxygen atoms in total. The molecule has 1 unspecified atom stereocenters. The predicted molar refractivity (Wildman–Crippen MR) is 59.4 cm³/mol. The molecule has 0 spiro atoms. The molecule has 0 amide bonds. The monoisotopic (exact) mass is 196 g/mol. The van der Waals surface area contributed by atoms with Gasteiger partial charge in [0.2, 0.25) is 0 Å². The Morgan fingerprint density at radius 1 is 1.23 bits per heavy atom. The number of hydrogen-bond acceptors (Lipinski definition) is 0. The Morgan fingerprint density at radius 2 is 1.85 bits per heavy atom. The summed E-state index contributed by atoms with van der Waals surface area (Å²) in [4.78, 5) is 0. The molecule has 0 aliphatic carbocycles. The molecule has 72 valence electrons. The number of alkyl halides is 1. The van der Waals surface area contributed by atoms with Crippen molar-refractivity contribution in [2.45, 2.75) is 38.5 Å². The van der Waals surface area contributed by atoms with Crippen LogP contribution in [0.15, 0.2) is 24.3 Å². The van der Waals surface area contributed by atoms with Crippen molar-refractivity contribution in [3.63, 3.8) is 0 Å². The van der Waals surface area contributed by atoms with Crippen LogP contribution in [0.4, 0.5) is 0 Å². The highest BCUT2D eigenvalue weighted by Crippen LogP contribution is 2.10. The maximum absolute atomic E-state index is 5.87. The Hall–Kier alpha value is -0.490. The van der Waals surface area contributed by atoms with Gasteiger partial charge in [0.05, 0.1) is 0 Å². The van der Waals surface area contributed by atoms with Crippen LogP contribution in [-0.4, -0.2) is 5.38 Å². The van der Waals surface area contributed by atoms with Gasteiger partial charge in [0.25, 0.3) is 0 Å². The summed E-state index contributed by atoms with van der Waals surface area (Å²) in [7, 11) is 0. The number of rotatable bonds is 4. The van der Waals surface area contributed by atoms with Gasteiger partial charge < -0.3 is 0 Å². The minimum atomic E-state index is 0.311. The van der Waals surface area contributed by atoms with Gasteiger partial charge in [-0.15, -0.1) is 11.6 Å². The van der Waals surface area contributed by atoms with Gasteiger partial charge in [-0.25, -0.2) is 0 Å². The molecule has 0 saturated heterocycles. The Morgan fingerprint density at radius 3 is 2.38 bits per heavy atom. The zero-order valence-corrected chi connectivity index (χ0v) is 9.14. The summed E-state index contributed by atoms with van der Waals surface area (Å²) >= 11 is 5.87. The van der Waals surface area contributed by atoms with Gasteiger partial charge in [0, 0.05) is 5.38 Å². The third kappa shape index (κ3) is 4.33. The maximum atomic E-state index is 5.87. The highest BCUT2D eigenvalue weighted by atomic mass is 35.5. The van der Waals surface area contributed by atoms with Crippen molar-refractivity contribution in [1.29, 1.82) is 0 Å². The lowest BCUT2D eigenvalue weighted by Crippen LogP contribution is -1.93. The average molecular weight is 197 g/mol. The minimum absolute atomic E-state index is 0.311. The topological polar surface area (TPSA) is 0 Å². The molecule has 1 rings (SSSR count). The molecule has 0 saturated carbocycles. The second-order valence-electron chi connectivity index (χ2n) is 3.66. The van der Waals surface area contributed by atoms with Crippen LogP contribution in [-0.2, 0) is 6.42 Å². The number of halogens is 1. The molecule has 1 aromatic carbocycles. The lowest BCUT2D eigenvalue weighted by Gasteiger charge is -2.03. The van der Waals surface area contributed by atoms with Crippen molar-refractivity contribution >= 4 is 11.6 Å². The zero-order chi connectivity index (χ0) is 9.68. The fourth-order valence-electron chi connectivity index (χ4n) is 1.34. The summed E-state index contributed by atoms with van der Waals surface area (Å²) in [5, 5.41) is 0.311. The van der Waals surface area contributed by atoms with E-state index in [1.54, 1.807) is 0 Å². The van der Waals surface area contributed by atoms with Gasteiger partial charge in [0.15, 0.2) is 0 Å². The first-order valence-electron chi connectivity index (χ1n) is 4.88. The lowest BCUT2D eigenvalue weighted by atomic mass is 10.1. The van der Waals surface area contributed by atoms with E-state index in [0.29, 0.717) is 5.38 Å². The van der Waals surface area contributed by atoms with Crippen molar-refractivity contribution in [3.8, 4) is 0 Å². The van der Waals surface area contributed by atoms with Crippen LogP contribution >= 0.6 is 11.6 Å². The highest BCUT2D eigenvalue weighted by molar-refractivity contribution is 6.20. The van der Waals surface area contributed by atoms with Gasteiger partial charge in [-0.05, 0) is 38.7 Å². The summed E-state index contributed by atoms with van der Waals surface area (Å²) in [6, 6.07) is 8.74. The lowest BCUT2D eigenvalue weighted by molar-refractivity contribution is 0.723. The Kier molecular flexibility index (Phi) is 4.31. The van der Waals surface area contributed by atoms with E-state index in [1.165, 1.54) is 17.5 Å². The molecular weight excluding hydrogens is 180 g/mol. The zero-order valence-electron chi connectivity index (χ0n) is 8.39. The Labute approximate surface area is 85.9 Å². The SMILES string of the molecule is Cc1ccc(CCCC(C)Cl)cc1. The molecule has 1 aromatic rings. The third-order valence-corrected chi connectivity index (χ3v) is 2.41. The molecule has 0 radical (unpaired) electrons. The van der Waals surface area contributed by atoms with E-state index in [-0.39, 0.29) is 0 Å². The second kappa shape index (κ2) is 5.29. The van der Waals surface area contributed by atoms with Crippen LogP contribution in [0, 0.1) is 6.92 Å². The van der Waals surface area contributed by atoms with Crippen LogP contribution in [0.3, 0.4) is 0 Å². The molecule has 0 aromatic heterocycles. The van der Waals surface area contributed by atoms with Gasteiger partial charge in [-0.2, -0.15) is 0 Å². The summed E-state index contributed by atoms with van der Waals surface area (Å²) in [6.07, 6.45) is 3.44. The molecule has 1 atom stereocenters. The highest BCUT2D eigenvalue weighted by Gasteiger charge is 1.97. The number of hydrogen-bond donors (Lipinski definition) is 0. The van der Waals surface area contributed by atoms with Crippen LogP contribution in [0.2, 0.25) is 0 Å². The molecule has 0 heterocycles. The number of aryl methyl sites for hydroxylation is 2. The largest absolute Gasteiger partial charge is 0.123 e. The van der Waals surface area contributed by atoms with E-state index in [1.807, 2.05) is 0 Å². The normalized spacial score (nSPS) is 12.8. The molecular formula is C12H17Cl. The van der Waals surface area contributed by atoms with Gasteiger partial charge >= 0.3 is 0 Å². The second-order valence-corrected chi connectivity index (χ2v) is 4.40. The average Bonchev–Trinajstić information content (AvgIpc) is 2.08. The van der Waals surface area contributed by atoms with Crippen molar-refractivity contribution < 1.29 is 0 Å². The van der Waals surface area contributed by atoms with E-state index in [2.05, 4.69) is 38.1 Å². The van der Waals surface area contributed by atoms with Crippen LogP contribution < -0.4 is 0 Å². The molecule has 0 N–H and O–H groups in total. The van der Waals surface area contributed by atoms with Crippen molar-refractivity contribution in [2.75, 3.05) is 0 Å². The summed E-state index contributed by atoms with van der Waals surface area (Å²) in [5.74, 6) is 0. The first-order chi connectivity index (χ1) is 6.18. The third-order valence-electron chi connectivity index (χ3n) is 2.19. The fourth-order valence-corrected chi connectivity index (χ4v) is 1.50. The maximum Gasteiger partial charge on any atom is 0.0308 e. The molecule has 0 fully saturated rings. The van der Waals surface area contributed by atoms with E-state index in [0.717, 1.165) is 12.8 Å². The first-order valence-corrected chi connectivity index (χ1v) is 5.32. The minimum Gasteiger partial charge on any atom is -0.123 e. The summed E-state index contributed by atoms with van der Waals surface area (Å²) in [5.41, 5.74) is 2.75.